The van der Waals surface area contributed by atoms with Crippen LogP contribution in [0.5, 0.6) is 0 Å². The number of halogens is 1. The van der Waals surface area contributed by atoms with E-state index in [1.807, 2.05) is 0 Å². The molecule has 0 aromatic heterocycles. The first kappa shape index (κ1) is 8.64. The molecule has 2 nitrogen and oxygen atoms in total. The molecule has 0 amide bonds. The molecule has 0 saturated heterocycles. The molecule has 0 spiro atoms. The summed E-state index contributed by atoms with van der Waals surface area (Å²) >= 11 is 3.23. The van der Waals surface area contributed by atoms with Crippen LogP contribution in [0.4, 0.5) is 0 Å². The summed E-state index contributed by atoms with van der Waals surface area (Å²) in [6, 6.07) is 1.57. The number of nitrogens with zero attached hydrogens (tertiary/aromatic N) is 1. The lowest BCUT2D eigenvalue weighted by Crippen LogP contribution is -1.91. The van der Waals surface area contributed by atoms with Crippen LogP contribution in [0.2, 0.25) is 0 Å². The zero-order valence-electron chi connectivity index (χ0n) is 5.06. The minimum absolute atomic E-state index is 0.309. The van der Waals surface area contributed by atoms with Gasteiger partial charge in [-0.2, -0.15) is 5.26 Å². The van der Waals surface area contributed by atoms with Gasteiger partial charge in [-0.3, -0.25) is 4.79 Å². The highest BCUT2D eigenvalue weighted by Crippen LogP contribution is 1.98. The molecule has 0 fully saturated rings. The number of hydrogen-bond acceptors (Lipinski definition) is 2. The lowest BCUT2D eigenvalue weighted by Gasteiger charge is -1.88. The summed E-state index contributed by atoms with van der Waals surface area (Å²) in [6.45, 7) is 0. The van der Waals surface area contributed by atoms with Gasteiger partial charge >= 0.3 is 0 Å². The Bertz CT molecular complexity index is 128. The topological polar surface area (TPSA) is 40.9 Å². The Morgan fingerprint density at radius 2 is 2.22 bits per heavy atom. The van der Waals surface area contributed by atoms with Gasteiger partial charge in [0, 0.05) is 11.8 Å². The Hall–Kier alpha value is -0.360. The van der Waals surface area contributed by atoms with Gasteiger partial charge in [0.25, 0.3) is 0 Å². The molecule has 0 aromatic carbocycles. The van der Waals surface area contributed by atoms with Gasteiger partial charge in [-0.15, -0.1) is 0 Å². The van der Waals surface area contributed by atoms with E-state index in [9.17, 15) is 4.79 Å². The van der Waals surface area contributed by atoms with Crippen molar-refractivity contribution in [3.05, 3.63) is 0 Å². The van der Waals surface area contributed by atoms with Crippen LogP contribution in [0, 0.1) is 11.3 Å². The van der Waals surface area contributed by atoms with Crippen LogP contribution in [0.3, 0.4) is 0 Å². The molecule has 3 heteroatoms. The second kappa shape index (κ2) is 5.77. The molecule has 0 aliphatic rings. The van der Waals surface area contributed by atoms with E-state index in [1.165, 1.54) is 0 Å². The third-order valence-electron chi connectivity index (χ3n) is 0.912. The van der Waals surface area contributed by atoms with Gasteiger partial charge in [-0.25, -0.2) is 0 Å². The van der Waals surface area contributed by atoms with E-state index in [1.54, 1.807) is 6.07 Å². The van der Waals surface area contributed by atoms with Gasteiger partial charge in [0.15, 0.2) is 0 Å². The van der Waals surface area contributed by atoms with Crippen molar-refractivity contribution in [1.82, 2.24) is 0 Å². The number of nitriles is 1. The Balaban J connectivity index is 3.10. The van der Waals surface area contributed by atoms with Crippen molar-refractivity contribution in [3.8, 4) is 6.07 Å². The van der Waals surface area contributed by atoms with E-state index in [4.69, 9.17) is 5.26 Å². The number of Topliss-reactive ketones (excluding diaryl/α,β-unsaturated/α-hetero) is 1. The highest BCUT2D eigenvalue weighted by atomic mass is 79.9. The molecule has 0 atom stereocenters. The van der Waals surface area contributed by atoms with E-state index in [0.29, 0.717) is 6.42 Å². The van der Waals surface area contributed by atoms with Gasteiger partial charge in [0.2, 0.25) is 5.78 Å². The molecule has 0 saturated carbocycles. The number of rotatable bonds is 4. The Kier molecular flexibility index (Phi) is 5.54. The lowest BCUT2D eigenvalue weighted by molar-refractivity contribution is -0.114. The summed E-state index contributed by atoms with van der Waals surface area (Å²) < 4.78 is 0. The molecule has 0 aliphatic carbocycles. The van der Waals surface area contributed by atoms with Crippen LogP contribution in [-0.2, 0) is 4.79 Å². The molecule has 0 bridgehead atoms. The zero-order chi connectivity index (χ0) is 7.11. The smallest absolute Gasteiger partial charge is 0.231 e. The van der Waals surface area contributed by atoms with Crippen molar-refractivity contribution in [2.75, 3.05) is 5.33 Å². The van der Waals surface area contributed by atoms with Crippen molar-refractivity contribution in [2.45, 2.75) is 19.3 Å². The summed E-state index contributed by atoms with van der Waals surface area (Å²) in [6.07, 6.45) is 2.19. The van der Waals surface area contributed by atoms with Crippen LogP contribution in [0.15, 0.2) is 0 Å². The molecule has 0 aromatic rings. The fourth-order valence-corrected chi connectivity index (χ4v) is 0.832. The average Bonchev–Trinajstić information content (AvgIpc) is 1.89. The van der Waals surface area contributed by atoms with Crippen LogP contribution in [0.25, 0.3) is 0 Å². The van der Waals surface area contributed by atoms with Crippen LogP contribution in [-0.4, -0.2) is 11.1 Å². The maximum Gasteiger partial charge on any atom is 0.231 e. The maximum absolute atomic E-state index is 10.3. The van der Waals surface area contributed by atoms with Crippen LogP contribution in [0.1, 0.15) is 19.3 Å². The molecule has 0 aliphatic heterocycles. The number of alkyl halides is 1. The zero-order valence-corrected chi connectivity index (χ0v) is 6.65. The van der Waals surface area contributed by atoms with E-state index in [-0.39, 0.29) is 5.78 Å². The van der Waals surface area contributed by atoms with Gasteiger partial charge in [-0.1, -0.05) is 15.9 Å². The molecular formula is C6H8BrNO. The van der Waals surface area contributed by atoms with E-state index < -0.39 is 0 Å². The Morgan fingerprint density at radius 3 is 2.67 bits per heavy atom. The summed E-state index contributed by atoms with van der Waals surface area (Å²) in [5.41, 5.74) is 0. The Morgan fingerprint density at radius 1 is 1.56 bits per heavy atom. The van der Waals surface area contributed by atoms with E-state index >= 15 is 0 Å². The average molecular weight is 190 g/mol. The monoisotopic (exact) mass is 189 g/mol. The van der Waals surface area contributed by atoms with Crippen molar-refractivity contribution in [2.24, 2.45) is 0 Å². The Labute approximate surface area is 63.0 Å². The third kappa shape index (κ3) is 5.51. The van der Waals surface area contributed by atoms with Crippen molar-refractivity contribution in [1.29, 1.82) is 5.26 Å². The van der Waals surface area contributed by atoms with Crippen molar-refractivity contribution < 1.29 is 4.79 Å². The summed E-state index contributed by atoms with van der Waals surface area (Å²) in [7, 11) is 0. The van der Waals surface area contributed by atoms with Gasteiger partial charge in [0.1, 0.15) is 6.07 Å². The number of carbonyl (C=O) groups excluding carboxylic acids is 1. The summed E-state index contributed by atoms with van der Waals surface area (Å²) in [4.78, 5) is 10.3. The van der Waals surface area contributed by atoms with E-state index in [0.717, 1.165) is 18.2 Å². The molecule has 0 rings (SSSR count). The number of carbonyl (C=O) groups is 1. The molecule has 0 radical (unpaired) electrons. The molecule has 9 heavy (non-hydrogen) atoms. The predicted molar refractivity (Wildman–Crippen MR) is 38.3 cm³/mol. The van der Waals surface area contributed by atoms with Crippen molar-refractivity contribution in [3.63, 3.8) is 0 Å². The number of ketones is 1. The third-order valence-corrected chi connectivity index (χ3v) is 1.47. The van der Waals surface area contributed by atoms with Gasteiger partial charge in [-0.05, 0) is 12.8 Å². The minimum Gasteiger partial charge on any atom is -0.283 e. The van der Waals surface area contributed by atoms with Crippen molar-refractivity contribution >= 4 is 21.7 Å². The standard InChI is InChI=1S/C6H8BrNO/c7-4-2-1-3-6(9)5-8/h1-4H2. The largest absolute Gasteiger partial charge is 0.283 e. The van der Waals surface area contributed by atoms with E-state index in [2.05, 4.69) is 15.9 Å². The summed E-state index contributed by atoms with van der Waals surface area (Å²) in [5.74, 6) is -0.309. The minimum atomic E-state index is -0.309. The fourth-order valence-electron chi connectivity index (χ4n) is 0.436. The number of unbranched alkanes of at least 4 members (excludes halogenated alkanes) is 1. The maximum atomic E-state index is 10.3. The predicted octanol–water partition coefficient (Wildman–Crippen LogP) is 1.64. The molecule has 50 valence electrons. The summed E-state index contributed by atoms with van der Waals surface area (Å²) in [5, 5.41) is 8.93. The quantitative estimate of drug-likeness (QED) is 0.384. The first-order valence-corrected chi connectivity index (χ1v) is 3.92. The lowest BCUT2D eigenvalue weighted by atomic mass is 10.2. The highest BCUT2D eigenvalue weighted by molar-refractivity contribution is 9.09. The highest BCUT2D eigenvalue weighted by Gasteiger charge is 1.96. The first-order chi connectivity index (χ1) is 4.31. The van der Waals surface area contributed by atoms with Crippen LogP contribution >= 0.6 is 15.9 Å². The SMILES string of the molecule is N#CC(=O)CCCCBr. The number of hydrogen-bond donors (Lipinski definition) is 0. The first-order valence-electron chi connectivity index (χ1n) is 2.80. The fraction of sp³-hybridized carbons (Fsp3) is 0.667. The molecular weight excluding hydrogens is 182 g/mol. The second-order valence-electron chi connectivity index (χ2n) is 1.68. The van der Waals surface area contributed by atoms with Gasteiger partial charge < -0.3 is 0 Å². The van der Waals surface area contributed by atoms with Gasteiger partial charge in [0.05, 0.1) is 0 Å². The second-order valence-corrected chi connectivity index (χ2v) is 2.47. The normalized spacial score (nSPS) is 8.44. The molecule has 0 unspecified atom stereocenters. The molecule has 0 heterocycles. The van der Waals surface area contributed by atoms with Crippen LogP contribution < -0.4 is 0 Å². The molecule has 0 N–H and O–H groups in total.